The van der Waals surface area contributed by atoms with E-state index >= 15 is 0 Å². The Hall–Kier alpha value is -1.02. The summed E-state index contributed by atoms with van der Waals surface area (Å²) in [5.41, 5.74) is 1.39. The Morgan fingerprint density at radius 1 is 1.06 bits per heavy atom. The van der Waals surface area contributed by atoms with Gasteiger partial charge in [-0.25, -0.2) is 0 Å². The van der Waals surface area contributed by atoms with Gasteiger partial charge in [0.05, 0.1) is 0 Å². The Balaban J connectivity index is 2.56. The minimum Gasteiger partial charge on any atom is -0.489 e. The summed E-state index contributed by atoms with van der Waals surface area (Å²) in [5.74, 6) is 1.61. The number of nitrogens with one attached hydrogen (secondary N) is 1. The molecule has 102 valence electrons. The average molecular weight is 249 g/mol. The lowest BCUT2D eigenvalue weighted by Gasteiger charge is -2.18. The number of rotatable bonds is 8. The second-order valence-electron chi connectivity index (χ2n) is 4.83. The lowest BCUT2D eigenvalue weighted by molar-refractivity contribution is 0.194. The Kier molecular flexibility index (Phi) is 6.81. The highest BCUT2D eigenvalue weighted by Crippen LogP contribution is 2.22. The Morgan fingerprint density at radius 3 is 2.22 bits per heavy atom. The van der Waals surface area contributed by atoms with Crippen molar-refractivity contribution in [1.29, 1.82) is 0 Å². The molecule has 1 N–H and O–H groups in total. The molecule has 0 spiro atoms. The van der Waals surface area contributed by atoms with Crippen LogP contribution in [0.4, 0.5) is 0 Å². The first-order chi connectivity index (χ1) is 8.71. The molecule has 2 unspecified atom stereocenters. The zero-order chi connectivity index (χ0) is 13.4. The molecule has 2 heteroatoms. The maximum absolute atomic E-state index is 5.97. The summed E-state index contributed by atoms with van der Waals surface area (Å²) in [6.07, 6.45) is 2.47. The van der Waals surface area contributed by atoms with Gasteiger partial charge in [-0.3, -0.25) is 0 Å². The van der Waals surface area contributed by atoms with E-state index in [1.54, 1.807) is 0 Å². The fraction of sp³-hybridized carbons (Fsp3) is 0.625. The van der Waals surface area contributed by atoms with Crippen molar-refractivity contribution in [1.82, 2.24) is 5.32 Å². The van der Waals surface area contributed by atoms with Gasteiger partial charge in [-0.05, 0) is 43.0 Å². The molecule has 0 aliphatic heterocycles. The van der Waals surface area contributed by atoms with Crippen LogP contribution in [0.5, 0.6) is 5.75 Å². The van der Waals surface area contributed by atoms with Crippen LogP contribution in [0.15, 0.2) is 24.3 Å². The molecule has 2 nitrogen and oxygen atoms in total. The van der Waals surface area contributed by atoms with Gasteiger partial charge in [-0.15, -0.1) is 0 Å². The summed E-state index contributed by atoms with van der Waals surface area (Å²) in [5, 5.41) is 3.33. The zero-order valence-corrected chi connectivity index (χ0v) is 12.2. The van der Waals surface area contributed by atoms with E-state index in [4.69, 9.17) is 4.74 Å². The maximum atomic E-state index is 5.97. The van der Waals surface area contributed by atoms with Gasteiger partial charge in [0, 0.05) is 6.54 Å². The molecule has 2 atom stereocenters. The first-order valence-corrected chi connectivity index (χ1v) is 7.18. The fourth-order valence-electron chi connectivity index (χ4n) is 1.88. The van der Waals surface area contributed by atoms with Crippen LogP contribution in [0, 0.1) is 0 Å². The van der Waals surface area contributed by atoms with E-state index in [1.807, 2.05) is 0 Å². The quantitative estimate of drug-likeness (QED) is 0.753. The second-order valence-corrected chi connectivity index (χ2v) is 4.83. The zero-order valence-electron chi connectivity index (χ0n) is 12.2. The highest BCUT2D eigenvalue weighted by atomic mass is 16.5. The molecule has 0 amide bonds. The van der Waals surface area contributed by atoms with Crippen LogP contribution in [-0.4, -0.2) is 19.2 Å². The number of ether oxygens (including phenoxy) is 1. The van der Waals surface area contributed by atoms with Gasteiger partial charge >= 0.3 is 0 Å². The second kappa shape index (κ2) is 8.15. The van der Waals surface area contributed by atoms with E-state index in [0.29, 0.717) is 5.92 Å². The molecule has 0 bridgehead atoms. The molecule has 1 aromatic rings. The molecule has 0 aliphatic rings. The lowest BCUT2D eigenvalue weighted by atomic mass is 9.99. The summed E-state index contributed by atoms with van der Waals surface area (Å²) in [7, 11) is 0. The minimum absolute atomic E-state index is 0.263. The smallest absolute Gasteiger partial charge is 0.119 e. The minimum atomic E-state index is 0.263. The molecule has 0 saturated carbocycles. The molecule has 1 aromatic carbocycles. The van der Waals surface area contributed by atoms with Crippen LogP contribution in [0.3, 0.4) is 0 Å². The van der Waals surface area contributed by atoms with E-state index in [1.165, 1.54) is 12.0 Å². The summed E-state index contributed by atoms with van der Waals surface area (Å²) in [6.45, 7) is 10.7. The fourth-order valence-corrected chi connectivity index (χ4v) is 1.88. The molecule has 0 fully saturated rings. The third kappa shape index (κ3) is 4.69. The molecule has 0 heterocycles. The van der Waals surface area contributed by atoms with Crippen molar-refractivity contribution in [2.75, 3.05) is 13.1 Å². The van der Waals surface area contributed by atoms with Crippen molar-refractivity contribution in [2.24, 2.45) is 0 Å². The van der Waals surface area contributed by atoms with Gasteiger partial charge in [0.25, 0.3) is 0 Å². The van der Waals surface area contributed by atoms with E-state index in [-0.39, 0.29) is 6.10 Å². The first kappa shape index (κ1) is 15.0. The van der Waals surface area contributed by atoms with Crippen molar-refractivity contribution in [3.8, 4) is 5.75 Å². The van der Waals surface area contributed by atoms with Gasteiger partial charge < -0.3 is 10.1 Å². The van der Waals surface area contributed by atoms with Gasteiger partial charge in [-0.1, -0.05) is 39.8 Å². The van der Waals surface area contributed by atoms with Gasteiger partial charge in [0.15, 0.2) is 0 Å². The highest BCUT2D eigenvalue weighted by molar-refractivity contribution is 5.29. The van der Waals surface area contributed by atoms with Crippen LogP contribution in [-0.2, 0) is 0 Å². The Morgan fingerprint density at radius 2 is 1.72 bits per heavy atom. The van der Waals surface area contributed by atoms with E-state index < -0.39 is 0 Å². The Bertz CT molecular complexity index is 320. The molecular weight excluding hydrogens is 222 g/mol. The standard InChI is InChI=1S/C16H27NO/c1-5-13(4)14-8-10-16(11-9-14)18-15(6-2)12-17-7-3/h8-11,13,15,17H,5-7,12H2,1-4H3. The van der Waals surface area contributed by atoms with Gasteiger partial charge in [-0.2, -0.15) is 0 Å². The van der Waals surface area contributed by atoms with Crippen LogP contribution < -0.4 is 10.1 Å². The SMILES string of the molecule is CCNCC(CC)Oc1ccc(C(C)CC)cc1. The number of likely N-dealkylation sites (N-methyl/N-ethyl adjacent to an activating group) is 1. The van der Waals surface area contributed by atoms with E-state index in [0.717, 1.165) is 25.3 Å². The van der Waals surface area contributed by atoms with Gasteiger partial charge in [0.2, 0.25) is 0 Å². The molecule has 18 heavy (non-hydrogen) atoms. The average Bonchev–Trinajstić information content (AvgIpc) is 2.43. The van der Waals surface area contributed by atoms with Crippen molar-refractivity contribution < 1.29 is 4.74 Å². The monoisotopic (exact) mass is 249 g/mol. The van der Waals surface area contributed by atoms with Crippen LogP contribution >= 0.6 is 0 Å². The third-order valence-electron chi connectivity index (χ3n) is 3.44. The molecule has 0 aliphatic carbocycles. The van der Waals surface area contributed by atoms with Crippen molar-refractivity contribution in [3.05, 3.63) is 29.8 Å². The molecule has 0 saturated heterocycles. The molecular formula is C16H27NO. The lowest BCUT2D eigenvalue weighted by Crippen LogP contribution is -2.30. The maximum Gasteiger partial charge on any atom is 0.119 e. The van der Waals surface area contributed by atoms with Crippen molar-refractivity contribution in [2.45, 2.75) is 52.6 Å². The molecule has 0 aromatic heterocycles. The van der Waals surface area contributed by atoms with E-state index in [2.05, 4.69) is 57.3 Å². The first-order valence-electron chi connectivity index (χ1n) is 7.18. The van der Waals surface area contributed by atoms with Crippen molar-refractivity contribution >= 4 is 0 Å². The van der Waals surface area contributed by atoms with Crippen LogP contribution in [0.25, 0.3) is 0 Å². The predicted molar refractivity (Wildman–Crippen MR) is 78.4 cm³/mol. The molecule has 0 radical (unpaired) electrons. The number of hydrogen-bond acceptors (Lipinski definition) is 2. The number of hydrogen-bond donors (Lipinski definition) is 1. The number of benzene rings is 1. The topological polar surface area (TPSA) is 21.3 Å². The van der Waals surface area contributed by atoms with Gasteiger partial charge in [0.1, 0.15) is 11.9 Å². The summed E-state index contributed by atoms with van der Waals surface area (Å²) < 4.78 is 5.97. The van der Waals surface area contributed by atoms with E-state index in [9.17, 15) is 0 Å². The van der Waals surface area contributed by atoms with Crippen LogP contribution in [0.2, 0.25) is 0 Å². The summed E-state index contributed by atoms with van der Waals surface area (Å²) in [6, 6.07) is 8.55. The highest BCUT2D eigenvalue weighted by Gasteiger charge is 2.08. The summed E-state index contributed by atoms with van der Waals surface area (Å²) >= 11 is 0. The largest absolute Gasteiger partial charge is 0.489 e. The predicted octanol–water partition coefficient (Wildman–Crippen LogP) is 3.97. The summed E-state index contributed by atoms with van der Waals surface area (Å²) in [4.78, 5) is 0. The molecule has 1 rings (SSSR count). The van der Waals surface area contributed by atoms with Crippen molar-refractivity contribution in [3.63, 3.8) is 0 Å². The Labute approximate surface area is 112 Å². The van der Waals surface area contributed by atoms with Crippen LogP contribution in [0.1, 0.15) is 52.0 Å². The third-order valence-corrected chi connectivity index (χ3v) is 3.44. The normalized spacial score (nSPS) is 14.2.